The summed E-state index contributed by atoms with van der Waals surface area (Å²) in [6.07, 6.45) is 7.87. The maximum absolute atomic E-state index is 6.42. The van der Waals surface area contributed by atoms with Gasteiger partial charge in [-0.05, 0) is 50.4 Å². The van der Waals surface area contributed by atoms with Crippen LogP contribution in [-0.2, 0) is 12.0 Å². The summed E-state index contributed by atoms with van der Waals surface area (Å²) in [7, 11) is 0. The van der Waals surface area contributed by atoms with Crippen molar-refractivity contribution in [2.45, 2.75) is 57.4 Å². The van der Waals surface area contributed by atoms with E-state index in [2.05, 4.69) is 17.1 Å². The second kappa shape index (κ2) is 4.09. The first-order chi connectivity index (χ1) is 8.16. The Kier molecular flexibility index (Phi) is 2.69. The van der Waals surface area contributed by atoms with E-state index in [-0.39, 0.29) is 5.54 Å². The van der Waals surface area contributed by atoms with E-state index < -0.39 is 0 Å². The van der Waals surface area contributed by atoms with Crippen molar-refractivity contribution in [3.63, 3.8) is 0 Å². The molecule has 2 aliphatic carbocycles. The third-order valence-corrected chi connectivity index (χ3v) is 4.24. The van der Waals surface area contributed by atoms with Crippen LogP contribution in [0.5, 0.6) is 0 Å². The summed E-state index contributed by atoms with van der Waals surface area (Å²) in [6, 6.07) is 0. The van der Waals surface area contributed by atoms with Crippen LogP contribution in [0.25, 0.3) is 0 Å². The fraction of sp³-hybridized carbons (Fsp3) is 0.846. The highest BCUT2D eigenvalue weighted by Crippen LogP contribution is 2.37. The number of aromatic nitrogens is 2. The fourth-order valence-electron chi connectivity index (χ4n) is 2.61. The van der Waals surface area contributed by atoms with Gasteiger partial charge in [-0.25, -0.2) is 0 Å². The molecular weight excluding hydrogens is 214 g/mol. The van der Waals surface area contributed by atoms with Crippen LogP contribution in [0.3, 0.4) is 0 Å². The Morgan fingerprint density at radius 1 is 1.29 bits per heavy atom. The van der Waals surface area contributed by atoms with E-state index in [1.807, 2.05) is 0 Å². The maximum atomic E-state index is 6.42. The molecule has 0 spiro atoms. The molecule has 1 aromatic rings. The van der Waals surface area contributed by atoms with Gasteiger partial charge in [0.1, 0.15) is 0 Å². The van der Waals surface area contributed by atoms with Crippen LogP contribution in [0.4, 0.5) is 0 Å². The molecule has 17 heavy (non-hydrogen) atoms. The number of nitrogens with two attached hydrogens (primary N) is 1. The molecule has 0 aromatic carbocycles. The third kappa shape index (κ3) is 2.37. The van der Waals surface area contributed by atoms with Crippen molar-refractivity contribution in [2.75, 3.05) is 0 Å². The predicted octanol–water partition coefficient (Wildman–Crippen LogP) is 2.39. The van der Waals surface area contributed by atoms with Crippen LogP contribution in [0.15, 0.2) is 4.52 Å². The van der Waals surface area contributed by atoms with Gasteiger partial charge in [0.25, 0.3) is 0 Å². The Morgan fingerprint density at radius 2 is 2.00 bits per heavy atom. The first kappa shape index (κ1) is 11.2. The molecule has 2 aliphatic rings. The normalized spacial score (nSPS) is 33.9. The van der Waals surface area contributed by atoms with Gasteiger partial charge in [0.15, 0.2) is 5.82 Å². The second-order valence-electron chi connectivity index (χ2n) is 6.00. The average molecular weight is 235 g/mol. The van der Waals surface area contributed by atoms with Gasteiger partial charge in [0.05, 0.1) is 5.54 Å². The quantitative estimate of drug-likeness (QED) is 0.873. The first-order valence-electron chi connectivity index (χ1n) is 6.78. The molecule has 2 saturated carbocycles. The van der Waals surface area contributed by atoms with E-state index in [0.29, 0.717) is 0 Å². The largest absolute Gasteiger partial charge is 0.339 e. The zero-order valence-electron chi connectivity index (χ0n) is 10.5. The average Bonchev–Trinajstić information content (AvgIpc) is 2.99. The standard InChI is InChI=1S/C13H21N3O/c1-9-4-6-13(14,7-5-9)12-15-11(17-16-12)8-10-2-3-10/h9-10H,2-8,14H2,1H3. The molecule has 0 amide bonds. The zero-order valence-corrected chi connectivity index (χ0v) is 10.5. The summed E-state index contributed by atoms with van der Waals surface area (Å²) in [5.41, 5.74) is 6.08. The molecule has 3 rings (SSSR count). The molecule has 4 heteroatoms. The maximum Gasteiger partial charge on any atom is 0.226 e. The van der Waals surface area contributed by atoms with Crippen LogP contribution in [0, 0.1) is 11.8 Å². The molecule has 0 radical (unpaired) electrons. The Bertz CT molecular complexity index is 389. The topological polar surface area (TPSA) is 64.9 Å². The lowest BCUT2D eigenvalue weighted by atomic mass is 9.77. The van der Waals surface area contributed by atoms with Crippen molar-refractivity contribution < 1.29 is 4.52 Å². The van der Waals surface area contributed by atoms with Gasteiger partial charge in [-0.2, -0.15) is 4.98 Å². The summed E-state index contributed by atoms with van der Waals surface area (Å²) in [5, 5.41) is 4.11. The van der Waals surface area contributed by atoms with Gasteiger partial charge in [0, 0.05) is 6.42 Å². The lowest BCUT2D eigenvalue weighted by Gasteiger charge is -2.33. The molecule has 1 heterocycles. The summed E-state index contributed by atoms with van der Waals surface area (Å²) in [6.45, 7) is 2.29. The molecule has 0 bridgehead atoms. The van der Waals surface area contributed by atoms with Gasteiger partial charge in [-0.3, -0.25) is 0 Å². The van der Waals surface area contributed by atoms with Crippen molar-refractivity contribution in [3.8, 4) is 0 Å². The van der Waals surface area contributed by atoms with Crippen molar-refractivity contribution in [3.05, 3.63) is 11.7 Å². The minimum absolute atomic E-state index is 0.336. The SMILES string of the molecule is CC1CCC(N)(c2noc(CC3CC3)n2)CC1. The van der Waals surface area contributed by atoms with E-state index in [1.54, 1.807) is 0 Å². The van der Waals surface area contributed by atoms with E-state index >= 15 is 0 Å². The van der Waals surface area contributed by atoms with Crippen LogP contribution >= 0.6 is 0 Å². The van der Waals surface area contributed by atoms with Gasteiger partial charge in [-0.15, -0.1) is 0 Å². The minimum Gasteiger partial charge on any atom is -0.339 e. The predicted molar refractivity (Wildman–Crippen MR) is 64.2 cm³/mol. The van der Waals surface area contributed by atoms with E-state index in [0.717, 1.165) is 42.8 Å². The lowest BCUT2D eigenvalue weighted by molar-refractivity contribution is 0.230. The van der Waals surface area contributed by atoms with Crippen LogP contribution in [0.1, 0.15) is 57.2 Å². The number of rotatable bonds is 3. The van der Waals surface area contributed by atoms with Crippen LogP contribution < -0.4 is 5.73 Å². The molecule has 0 unspecified atom stereocenters. The van der Waals surface area contributed by atoms with Gasteiger partial charge in [0.2, 0.25) is 5.89 Å². The molecular formula is C13H21N3O. The van der Waals surface area contributed by atoms with Gasteiger partial charge < -0.3 is 10.3 Å². The van der Waals surface area contributed by atoms with Gasteiger partial charge >= 0.3 is 0 Å². The molecule has 2 N–H and O–H groups in total. The molecule has 0 atom stereocenters. The summed E-state index contributed by atoms with van der Waals surface area (Å²) in [5.74, 6) is 3.08. The molecule has 4 nitrogen and oxygen atoms in total. The van der Waals surface area contributed by atoms with E-state index in [1.165, 1.54) is 25.7 Å². The minimum atomic E-state index is -0.336. The number of nitrogens with zero attached hydrogens (tertiary/aromatic N) is 2. The zero-order chi connectivity index (χ0) is 11.9. The highest BCUT2D eigenvalue weighted by molar-refractivity contribution is 5.06. The van der Waals surface area contributed by atoms with Crippen molar-refractivity contribution in [1.82, 2.24) is 10.1 Å². The van der Waals surface area contributed by atoms with Gasteiger partial charge in [-0.1, -0.05) is 12.1 Å². The fourth-order valence-corrected chi connectivity index (χ4v) is 2.61. The summed E-state index contributed by atoms with van der Waals surface area (Å²) >= 11 is 0. The second-order valence-corrected chi connectivity index (χ2v) is 6.00. The summed E-state index contributed by atoms with van der Waals surface area (Å²) in [4.78, 5) is 4.51. The third-order valence-electron chi connectivity index (χ3n) is 4.24. The molecule has 0 aliphatic heterocycles. The van der Waals surface area contributed by atoms with E-state index in [9.17, 15) is 0 Å². The summed E-state index contributed by atoms with van der Waals surface area (Å²) < 4.78 is 5.32. The molecule has 1 aromatic heterocycles. The van der Waals surface area contributed by atoms with Crippen molar-refractivity contribution in [1.29, 1.82) is 0 Å². The Labute approximate surface area is 102 Å². The highest BCUT2D eigenvalue weighted by Gasteiger charge is 2.36. The first-order valence-corrected chi connectivity index (χ1v) is 6.78. The van der Waals surface area contributed by atoms with Crippen molar-refractivity contribution in [2.24, 2.45) is 17.6 Å². The van der Waals surface area contributed by atoms with Crippen molar-refractivity contribution >= 4 is 0 Å². The molecule has 0 saturated heterocycles. The van der Waals surface area contributed by atoms with Crippen LogP contribution in [-0.4, -0.2) is 10.1 Å². The lowest BCUT2D eigenvalue weighted by Crippen LogP contribution is -2.41. The Hall–Kier alpha value is -0.900. The molecule has 94 valence electrons. The Morgan fingerprint density at radius 3 is 2.65 bits per heavy atom. The monoisotopic (exact) mass is 235 g/mol. The number of hydrogen-bond acceptors (Lipinski definition) is 4. The van der Waals surface area contributed by atoms with E-state index in [4.69, 9.17) is 10.3 Å². The smallest absolute Gasteiger partial charge is 0.226 e. The highest BCUT2D eigenvalue weighted by atomic mass is 16.5. The number of hydrogen-bond donors (Lipinski definition) is 1. The molecule has 2 fully saturated rings. The Balaban J connectivity index is 1.71. The van der Waals surface area contributed by atoms with Crippen LogP contribution in [0.2, 0.25) is 0 Å².